The van der Waals surface area contributed by atoms with Crippen LogP contribution in [-0.4, -0.2) is 52.3 Å². The molecular weight excluding hydrogens is 506 g/mol. The molecule has 1 heterocycles. The normalized spacial score (nSPS) is 16.4. The van der Waals surface area contributed by atoms with Crippen molar-refractivity contribution in [1.29, 1.82) is 0 Å². The van der Waals surface area contributed by atoms with E-state index in [-0.39, 0.29) is 30.2 Å². The number of carbonyl (C=O) groups is 3. The fourth-order valence-electron chi connectivity index (χ4n) is 4.80. The number of hydrogen-bond donors (Lipinski definition) is 2. The van der Waals surface area contributed by atoms with Gasteiger partial charge in [-0.2, -0.15) is 0 Å². The van der Waals surface area contributed by atoms with Gasteiger partial charge in [0.15, 0.2) is 11.5 Å². The van der Waals surface area contributed by atoms with Crippen molar-refractivity contribution in [3.8, 4) is 11.5 Å². The summed E-state index contributed by atoms with van der Waals surface area (Å²) in [6.07, 6.45) is 5.18. The Kier molecular flexibility index (Phi) is 9.04. The molecule has 0 spiro atoms. The molecule has 1 aliphatic heterocycles. The van der Waals surface area contributed by atoms with Crippen LogP contribution in [0, 0.1) is 13.8 Å². The van der Waals surface area contributed by atoms with Gasteiger partial charge in [0.2, 0.25) is 24.5 Å². The smallest absolute Gasteiger partial charge is 0.243 e. The Balaban J connectivity index is 1.43. The predicted molar refractivity (Wildman–Crippen MR) is 147 cm³/mol. The van der Waals surface area contributed by atoms with Gasteiger partial charge in [-0.05, 0) is 62.9 Å². The number of ether oxygens (including phenoxy) is 2. The molecule has 2 unspecified atom stereocenters. The molecule has 2 N–H and O–H groups in total. The molecule has 0 saturated heterocycles. The molecule has 0 radical (unpaired) electrons. The van der Waals surface area contributed by atoms with Gasteiger partial charge in [0, 0.05) is 34.3 Å². The number of carbonyl (C=O) groups excluding carboxylic acids is 3. The van der Waals surface area contributed by atoms with Crippen molar-refractivity contribution < 1.29 is 28.1 Å². The summed E-state index contributed by atoms with van der Waals surface area (Å²) < 4.78 is 23.5. The van der Waals surface area contributed by atoms with Gasteiger partial charge in [-0.1, -0.05) is 31.4 Å². The molecule has 1 aliphatic carbocycles. The second kappa shape index (κ2) is 12.4. The van der Waals surface area contributed by atoms with Gasteiger partial charge < -0.3 is 20.1 Å². The topological polar surface area (TPSA) is 114 Å². The third kappa shape index (κ3) is 6.92. The van der Waals surface area contributed by atoms with Crippen molar-refractivity contribution >= 4 is 39.9 Å². The van der Waals surface area contributed by atoms with E-state index >= 15 is 0 Å². The maximum atomic E-state index is 13.5. The van der Waals surface area contributed by atoms with Crippen LogP contribution in [0.4, 0.5) is 11.4 Å². The van der Waals surface area contributed by atoms with E-state index in [1.54, 1.807) is 25.1 Å². The predicted octanol–water partition coefficient (Wildman–Crippen LogP) is 3.59. The molecule has 204 valence electrons. The third-order valence-electron chi connectivity index (χ3n) is 6.84. The van der Waals surface area contributed by atoms with E-state index in [9.17, 15) is 18.6 Å². The Bertz CT molecular complexity index is 1230. The van der Waals surface area contributed by atoms with Crippen molar-refractivity contribution in [3.05, 3.63) is 47.5 Å². The lowest BCUT2D eigenvalue weighted by atomic mass is 9.95. The van der Waals surface area contributed by atoms with Crippen LogP contribution >= 0.6 is 0 Å². The summed E-state index contributed by atoms with van der Waals surface area (Å²) in [5.41, 5.74) is 2.84. The summed E-state index contributed by atoms with van der Waals surface area (Å²) in [4.78, 5) is 40.7. The second-order valence-corrected chi connectivity index (χ2v) is 11.4. The van der Waals surface area contributed by atoms with Crippen molar-refractivity contribution in [2.24, 2.45) is 0 Å². The second-order valence-electron chi connectivity index (χ2n) is 9.92. The molecule has 0 bridgehead atoms. The van der Waals surface area contributed by atoms with E-state index < -0.39 is 28.7 Å². The summed E-state index contributed by atoms with van der Waals surface area (Å²) in [5, 5.41) is 5.78. The van der Waals surface area contributed by atoms with Crippen LogP contribution in [0.5, 0.6) is 11.5 Å². The number of nitrogens with zero attached hydrogens (tertiary/aromatic N) is 1. The Hall–Kier alpha value is -3.40. The molecule has 2 atom stereocenters. The van der Waals surface area contributed by atoms with Crippen LogP contribution in [0.2, 0.25) is 0 Å². The first kappa shape index (κ1) is 27.6. The number of nitrogens with one attached hydrogen (secondary N) is 2. The van der Waals surface area contributed by atoms with Crippen LogP contribution in [0.3, 0.4) is 0 Å². The third-order valence-corrected chi connectivity index (χ3v) is 8.00. The molecule has 38 heavy (non-hydrogen) atoms. The summed E-state index contributed by atoms with van der Waals surface area (Å²) >= 11 is 0. The maximum absolute atomic E-state index is 13.5. The molecule has 2 aliphatic rings. The number of benzene rings is 2. The zero-order valence-corrected chi connectivity index (χ0v) is 22.9. The monoisotopic (exact) mass is 541 g/mol. The van der Waals surface area contributed by atoms with E-state index in [1.165, 1.54) is 11.3 Å². The van der Waals surface area contributed by atoms with Crippen LogP contribution in [0.25, 0.3) is 0 Å². The summed E-state index contributed by atoms with van der Waals surface area (Å²) in [6.45, 7) is 5.59. The Labute approximate surface area is 225 Å². The van der Waals surface area contributed by atoms with Crippen molar-refractivity contribution in [1.82, 2.24) is 5.32 Å². The highest BCUT2D eigenvalue weighted by molar-refractivity contribution is 7.86. The standard InChI is InChI=1S/C28H35N3O6S/c1-18-9-10-19(2)23(13-18)31(20(3)28(34)30-21-7-5-4-6-8-21)27(33)16-38(35)15-26(32)29-22-11-12-24-25(14-22)37-17-36-24/h9-14,20-21H,4-8,15-17H2,1-3H3,(H,29,32)(H,30,34). The lowest BCUT2D eigenvalue weighted by Crippen LogP contribution is -2.52. The molecule has 1 fully saturated rings. The minimum Gasteiger partial charge on any atom is -0.454 e. The number of rotatable bonds is 9. The Morgan fingerprint density at radius 3 is 2.50 bits per heavy atom. The quantitative estimate of drug-likeness (QED) is 0.502. The van der Waals surface area contributed by atoms with Crippen LogP contribution in [-0.2, 0) is 25.2 Å². The van der Waals surface area contributed by atoms with Gasteiger partial charge in [0.25, 0.3) is 0 Å². The van der Waals surface area contributed by atoms with E-state index in [0.717, 1.165) is 36.8 Å². The highest BCUT2D eigenvalue weighted by atomic mass is 32.2. The van der Waals surface area contributed by atoms with Crippen molar-refractivity contribution in [2.75, 3.05) is 28.5 Å². The van der Waals surface area contributed by atoms with Gasteiger partial charge in [-0.25, -0.2) is 0 Å². The lowest BCUT2D eigenvalue weighted by Gasteiger charge is -2.32. The minimum atomic E-state index is -1.79. The van der Waals surface area contributed by atoms with E-state index in [0.29, 0.717) is 22.9 Å². The summed E-state index contributed by atoms with van der Waals surface area (Å²) in [5.74, 6) is -0.839. The number of amides is 3. The fourth-order valence-corrected chi connectivity index (χ4v) is 5.68. The first-order chi connectivity index (χ1) is 18.2. The fraction of sp³-hybridized carbons (Fsp3) is 0.464. The molecule has 0 aromatic heterocycles. The van der Waals surface area contributed by atoms with Gasteiger partial charge in [-0.15, -0.1) is 0 Å². The maximum Gasteiger partial charge on any atom is 0.243 e. The lowest BCUT2D eigenvalue weighted by molar-refractivity contribution is -0.126. The first-order valence-corrected chi connectivity index (χ1v) is 14.4. The van der Waals surface area contributed by atoms with Crippen molar-refractivity contribution in [2.45, 2.75) is 65.0 Å². The van der Waals surface area contributed by atoms with Gasteiger partial charge in [-0.3, -0.25) is 23.5 Å². The largest absolute Gasteiger partial charge is 0.454 e. The number of fused-ring (bicyclic) bond motifs is 1. The highest BCUT2D eigenvalue weighted by Gasteiger charge is 2.31. The van der Waals surface area contributed by atoms with Crippen LogP contribution < -0.4 is 25.0 Å². The van der Waals surface area contributed by atoms with Gasteiger partial charge in [0.1, 0.15) is 17.5 Å². The van der Waals surface area contributed by atoms with Crippen LogP contribution in [0.15, 0.2) is 36.4 Å². The highest BCUT2D eigenvalue weighted by Crippen LogP contribution is 2.34. The molecule has 1 saturated carbocycles. The summed E-state index contributed by atoms with van der Waals surface area (Å²) in [7, 11) is -1.79. The van der Waals surface area contributed by atoms with Gasteiger partial charge in [0.05, 0.1) is 0 Å². The zero-order chi connectivity index (χ0) is 27.2. The molecule has 9 nitrogen and oxygen atoms in total. The Morgan fingerprint density at radius 1 is 1.00 bits per heavy atom. The first-order valence-electron chi connectivity index (χ1n) is 13.0. The van der Waals surface area contributed by atoms with Crippen molar-refractivity contribution in [3.63, 3.8) is 0 Å². The molecule has 4 rings (SSSR count). The van der Waals surface area contributed by atoms with E-state index in [2.05, 4.69) is 10.6 Å². The number of anilines is 2. The number of aryl methyl sites for hydroxylation is 2. The molecule has 2 aromatic rings. The minimum absolute atomic E-state index is 0.100. The average molecular weight is 542 g/mol. The Morgan fingerprint density at radius 2 is 1.74 bits per heavy atom. The zero-order valence-electron chi connectivity index (χ0n) is 22.1. The average Bonchev–Trinajstić information content (AvgIpc) is 3.34. The van der Waals surface area contributed by atoms with Crippen LogP contribution in [0.1, 0.15) is 50.2 Å². The van der Waals surface area contributed by atoms with E-state index in [1.807, 2.05) is 32.0 Å². The van der Waals surface area contributed by atoms with E-state index in [4.69, 9.17) is 9.47 Å². The van der Waals surface area contributed by atoms with Gasteiger partial charge >= 0.3 is 0 Å². The summed E-state index contributed by atoms with van der Waals surface area (Å²) in [6, 6.07) is 9.96. The molecule has 3 amide bonds. The molecule has 10 heteroatoms. The molecular formula is C28H35N3O6S. The number of hydrogen-bond acceptors (Lipinski definition) is 6. The SMILES string of the molecule is Cc1ccc(C)c(N(C(=O)CS(=O)CC(=O)Nc2ccc3c(c2)OCO3)C(C)C(=O)NC2CCCCC2)c1. The molecule has 2 aromatic carbocycles.